The van der Waals surface area contributed by atoms with E-state index >= 15 is 0 Å². The highest BCUT2D eigenvalue weighted by Gasteiger charge is 2.23. The molecule has 71 heavy (non-hydrogen) atoms. The molecule has 0 radical (unpaired) electrons. The Hall–Kier alpha value is -1.02. The Morgan fingerprint density at radius 1 is 0.479 bits per heavy atom. The molecule has 0 heterocycles. The SMILES string of the molecule is CCCCCCCCCC/C=C\CCCCCCCCCCCCCC(=O)NC(COP(=O)([O-])OCC[N+](C)(C)C)C(O)/C=C/CCCCCCCCCCCCCCCCCCCCCCCCCC. The van der Waals surface area contributed by atoms with Gasteiger partial charge in [-0.1, -0.05) is 289 Å². The number of quaternary nitrogens is 1. The summed E-state index contributed by atoms with van der Waals surface area (Å²) < 4.78 is 23.4. The summed E-state index contributed by atoms with van der Waals surface area (Å²) in [5, 5.41) is 13.9. The first-order chi connectivity index (χ1) is 34.5. The molecule has 422 valence electrons. The summed E-state index contributed by atoms with van der Waals surface area (Å²) in [5.74, 6) is -0.193. The Bertz CT molecular complexity index is 1210. The lowest BCUT2D eigenvalue weighted by Crippen LogP contribution is -2.45. The number of aliphatic hydroxyl groups excluding tert-OH is 1. The van der Waals surface area contributed by atoms with Crippen LogP contribution >= 0.6 is 7.82 Å². The van der Waals surface area contributed by atoms with Crippen LogP contribution in [-0.2, 0) is 18.4 Å². The molecule has 2 N–H and O–H groups in total. The van der Waals surface area contributed by atoms with Gasteiger partial charge in [0.15, 0.2) is 0 Å². The third-order valence-electron chi connectivity index (χ3n) is 14.4. The minimum atomic E-state index is -4.60. The van der Waals surface area contributed by atoms with Crippen molar-refractivity contribution < 1.29 is 32.9 Å². The van der Waals surface area contributed by atoms with Crippen molar-refractivity contribution in [2.45, 2.75) is 328 Å². The summed E-state index contributed by atoms with van der Waals surface area (Å²) in [4.78, 5) is 25.5. The smallest absolute Gasteiger partial charge is 0.268 e. The number of nitrogens with one attached hydrogen (secondary N) is 1. The number of aliphatic hydroxyl groups is 1. The standard InChI is InChI=1S/C62H123N2O6P/c1-6-8-10-12-14-16-18-20-22-24-26-28-30-31-32-34-35-37-39-41-43-45-47-49-51-53-55-61(65)60(59-70-71(67,68)69-58-57-64(3,4)5)63-62(66)56-54-52-50-48-46-44-42-40-38-36-33-29-27-25-23-21-19-17-15-13-11-9-7-2/h25,27,53,55,60-61,65H,6-24,26,28-52,54,56-59H2,1-5H3,(H-,63,66,67,68)/b27-25-,55-53+. The van der Waals surface area contributed by atoms with E-state index in [1.165, 1.54) is 257 Å². The van der Waals surface area contributed by atoms with E-state index in [2.05, 4.69) is 31.3 Å². The number of carbonyl (C=O) groups excluding carboxylic acids is 1. The van der Waals surface area contributed by atoms with Gasteiger partial charge in [0.2, 0.25) is 5.91 Å². The molecular formula is C62H123N2O6P. The predicted octanol–water partition coefficient (Wildman–Crippen LogP) is 18.5. The highest BCUT2D eigenvalue weighted by molar-refractivity contribution is 7.45. The van der Waals surface area contributed by atoms with Crippen molar-refractivity contribution in [3.05, 3.63) is 24.3 Å². The molecule has 0 spiro atoms. The van der Waals surface area contributed by atoms with E-state index in [1.807, 2.05) is 27.2 Å². The largest absolute Gasteiger partial charge is 0.756 e. The Balaban J connectivity index is 4.14. The van der Waals surface area contributed by atoms with Gasteiger partial charge in [-0.15, -0.1) is 0 Å². The third-order valence-corrected chi connectivity index (χ3v) is 15.4. The Kier molecular flexibility index (Phi) is 53.0. The molecule has 8 nitrogen and oxygen atoms in total. The van der Waals surface area contributed by atoms with E-state index in [0.717, 1.165) is 38.5 Å². The molecule has 0 rings (SSSR count). The predicted molar refractivity (Wildman–Crippen MR) is 307 cm³/mol. The van der Waals surface area contributed by atoms with Gasteiger partial charge in [0.25, 0.3) is 7.82 Å². The van der Waals surface area contributed by atoms with Crippen LogP contribution in [-0.4, -0.2) is 68.5 Å². The van der Waals surface area contributed by atoms with E-state index in [4.69, 9.17) is 9.05 Å². The highest BCUT2D eigenvalue weighted by Crippen LogP contribution is 2.38. The maximum atomic E-state index is 13.0. The molecule has 0 bridgehead atoms. The summed E-state index contributed by atoms with van der Waals surface area (Å²) in [7, 11) is 1.27. The molecule has 0 aromatic carbocycles. The number of hydrogen-bond donors (Lipinski definition) is 2. The number of rotatable bonds is 58. The van der Waals surface area contributed by atoms with E-state index in [1.54, 1.807) is 6.08 Å². The van der Waals surface area contributed by atoms with Gasteiger partial charge in [0.05, 0.1) is 39.9 Å². The van der Waals surface area contributed by atoms with Crippen molar-refractivity contribution in [1.82, 2.24) is 5.32 Å². The van der Waals surface area contributed by atoms with Crippen molar-refractivity contribution in [2.75, 3.05) is 40.9 Å². The molecule has 0 aliphatic heterocycles. The van der Waals surface area contributed by atoms with Gasteiger partial charge in [0.1, 0.15) is 13.2 Å². The fourth-order valence-corrected chi connectivity index (χ4v) is 10.2. The lowest BCUT2D eigenvalue weighted by molar-refractivity contribution is -0.870. The summed E-state index contributed by atoms with van der Waals surface area (Å²) in [6, 6.07) is -0.886. The third kappa shape index (κ3) is 56.5. The first-order valence-corrected chi connectivity index (χ1v) is 32.7. The van der Waals surface area contributed by atoms with E-state index in [0.29, 0.717) is 17.4 Å². The second-order valence-electron chi connectivity index (χ2n) is 22.8. The molecular weight excluding hydrogens is 900 g/mol. The first-order valence-electron chi connectivity index (χ1n) is 31.2. The van der Waals surface area contributed by atoms with E-state index in [9.17, 15) is 19.4 Å². The van der Waals surface area contributed by atoms with Gasteiger partial charge in [-0.2, -0.15) is 0 Å². The molecule has 3 unspecified atom stereocenters. The van der Waals surface area contributed by atoms with Gasteiger partial charge >= 0.3 is 0 Å². The molecule has 0 aromatic heterocycles. The number of hydrogen-bond acceptors (Lipinski definition) is 6. The Labute approximate surface area is 443 Å². The second-order valence-corrected chi connectivity index (χ2v) is 24.2. The summed E-state index contributed by atoms with van der Waals surface area (Å²) in [5.41, 5.74) is 0. The van der Waals surface area contributed by atoms with Crippen LogP contribution in [0.5, 0.6) is 0 Å². The molecule has 0 aliphatic carbocycles. The van der Waals surface area contributed by atoms with Crippen molar-refractivity contribution in [1.29, 1.82) is 0 Å². The van der Waals surface area contributed by atoms with E-state index < -0.39 is 20.0 Å². The van der Waals surface area contributed by atoms with Crippen LogP contribution < -0.4 is 10.2 Å². The van der Waals surface area contributed by atoms with Crippen molar-refractivity contribution in [3.8, 4) is 0 Å². The van der Waals surface area contributed by atoms with Gasteiger partial charge < -0.3 is 28.8 Å². The van der Waals surface area contributed by atoms with Crippen LogP contribution in [0.3, 0.4) is 0 Å². The maximum absolute atomic E-state index is 13.0. The van der Waals surface area contributed by atoms with Gasteiger partial charge in [-0.3, -0.25) is 9.36 Å². The molecule has 0 fully saturated rings. The van der Waals surface area contributed by atoms with Gasteiger partial charge in [0, 0.05) is 6.42 Å². The first kappa shape index (κ1) is 70.0. The van der Waals surface area contributed by atoms with Crippen LogP contribution in [0.2, 0.25) is 0 Å². The fraction of sp³-hybridized carbons (Fsp3) is 0.919. The summed E-state index contributed by atoms with van der Waals surface area (Å²) >= 11 is 0. The zero-order valence-corrected chi connectivity index (χ0v) is 49.1. The average molecular weight is 1020 g/mol. The summed E-state index contributed by atoms with van der Waals surface area (Å²) in [6.07, 6.45) is 68.4. The number of nitrogens with zero attached hydrogens (tertiary/aromatic N) is 1. The van der Waals surface area contributed by atoms with Gasteiger partial charge in [-0.25, -0.2) is 0 Å². The topological polar surface area (TPSA) is 108 Å². The van der Waals surface area contributed by atoms with Crippen molar-refractivity contribution in [3.63, 3.8) is 0 Å². The van der Waals surface area contributed by atoms with Crippen LogP contribution in [0.4, 0.5) is 0 Å². The lowest BCUT2D eigenvalue weighted by atomic mass is 10.0. The van der Waals surface area contributed by atoms with Crippen molar-refractivity contribution in [2.24, 2.45) is 0 Å². The zero-order valence-electron chi connectivity index (χ0n) is 48.2. The molecule has 1 amide bonds. The highest BCUT2D eigenvalue weighted by atomic mass is 31.2. The number of phosphoric acid groups is 1. The monoisotopic (exact) mass is 1020 g/mol. The Morgan fingerprint density at radius 2 is 0.775 bits per heavy atom. The van der Waals surface area contributed by atoms with Crippen LogP contribution in [0.1, 0.15) is 316 Å². The minimum absolute atomic E-state index is 0.000885. The molecule has 0 saturated heterocycles. The lowest BCUT2D eigenvalue weighted by Gasteiger charge is -2.29. The maximum Gasteiger partial charge on any atom is 0.268 e. The van der Waals surface area contributed by atoms with Crippen LogP contribution in [0, 0.1) is 0 Å². The van der Waals surface area contributed by atoms with Crippen molar-refractivity contribution >= 4 is 13.7 Å². The summed E-state index contributed by atoms with van der Waals surface area (Å²) in [6.45, 7) is 4.70. The molecule has 9 heteroatoms. The molecule has 3 atom stereocenters. The number of likely N-dealkylation sites (N-methyl/N-ethyl adjacent to an activating group) is 1. The number of phosphoric ester groups is 1. The molecule has 0 saturated carbocycles. The molecule has 0 aromatic rings. The average Bonchev–Trinajstić information content (AvgIpc) is 3.33. The number of allylic oxidation sites excluding steroid dienone is 3. The van der Waals surface area contributed by atoms with Crippen LogP contribution in [0.15, 0.2) is 24.3 Å². The normalized spacial score (nSPS) is 14.0. The number of amides is 1. The number of unbranched alkanes of at least 4 members (excludes halogenated alkanes) is 43. The number of carbonyl (C=O) groups is 1. The molecule has 0 aliphatic rings. The Morgan fingerprint density at radius 3 is 1.10 bits per heavy atom. The zero-order chi connectivity index (χ0) is 52.0. The minimum Gasteiger partial charge on any atom is -0.756 e. The van der Waals surface area contributed by atoms with Crippen LogP contribution in [0.25, 0.3) is 0 Å². The quantitative estimate of drug-likeness (QED) is 0.0272. The second kappa shape index (κ2) is 53.8. The van der Waals surface area contributed by atoms with Gasteiger partial charge in [-0.05, 0) is 44.9 Å². The van der Waals surface area contributed by atoms with E-state index in [-0.39, 0.29) is 19.1 Å². The fourth-order valence-electron chi connectivity index (χ4n) is 9.50.